The molecule has 106 valence electrons. The van der Waals surface area contributed by atoms with Crippen molar-refractivity contribution in [1.29, 1.82) is 0 Å². The van der Waals surface area contributed by atoms with Crippen molar-refractivity contribution in [3.05, 3.63) is 59.4 Å². The van der Waals surface area contributed by atoms with Gasteiger partial charge in [-0.2, -0.15) is 0 Å². The average Bonchev–Trinajstić information content (AvgIpc) is 2.40. The number of nitrogen functional groups attached to an aromatic ring is 1. The van der Waals surface area contributed by atoms with Crippen LogP contribution in [0.5, 0.6) is 0 Å². The Bertz CT molecular complexity index is 682. The topological polar surface area (TPSA) is 85.1 Å². The Labute approximate surface area is 118 Å². The molecular weight excluding hydrogens is 274 g/mol. The fourth-order valence-corrected chi connectivity index (χ4v) is 2.86. The Kier molecular flexibility index (Phi) is 4.36. The molecule has 0 atom stereocenters. The summed E-state index contributed by atoms with van der Waals surface area (Å²) in [6.45, 7) is 2.10. The molecule has 0 saturated heterocycles. The normalized spacial score (nSPS) is 11.4. The maximum Gasteiger partial charge on any atom is 0.216 e. The van der Waals surface area contributed by atoms with Gasteiger partial charge in [-0.15, -0.1) is 0 Å². The second kappa shape index (κ2) is 6.02. The molecule has 0 fully saturated rings. The van der Waals surface area contributed by atoms with Crippen LogP contribution in [-0.4, -0.2) is 13.4 Å². The molecule has 1 aromatic heterocycles. The average molecular weight is 291 g/mol. The zero-order chi connectivity index (χ0) is 14.6. The van der Waals surface area contributed by atoms with Crippen LogP contribution in [0.1, 0.15) is 16.8 Å². The second-order valence-corrected chi connectivity index (χ2v) is 6.40. The number of aryl methyl sites for hydroxylation is 1. The molecule has 0 spiro atoms. The van der Waals surface area contributed by atoms with Crippen LogP contribution in [0, 0.1) is 6.92 Å². The number of anilines is 1. The van der Waals surface area contributed by atoms with Crippen molar-refractivity contribution in [3.8, 4) is 0 Å². The quantitative estimate of drug-likeness (QED) is 0.819. The van der Waals surface area contributed by atoms with Crippen LogP contribution < -0.4 is 10.5 Å². The van der Waals surface area contributed by atoms with Gasteiger partial charge in [-0.1, -0.05) is 18.2 Å². The number of benzene rings is 1. The summed E-state index contributed by atoms with van der Waals surface area (Å²) in [7, 11) is -3.39. The van der Waals surface area contributed by atoms with Crippen LogP contribution >= 0.6 is 0 Å². The van der Waals surface area contributed by atoms with Gasteiger partial charge in [0.25, 0.3) is 0 Å². The molecule has 0 bridgehead atoms. The molecule has 20 heavy (non-hydrogen) atoms. The molecule has 0 aliphatic carbocycles. The second-order valence-electron chi connectivity index (χ2n) is 4.59. The predicted molar refractivity (Wildman–Crippen MR) is 79.3 cm³/mol. The van der Waals surface area contributed by atoms with Crippen molar-refractivity contribution < 1.29 is 8.42 Å². The molecule has 0 aliphatic heterocycles. The van der Waals surface area contributed by atoms with Crippen molar-refractivity contribution in [2.45, 2.75) is 19.2 Å². The lowest BCUT2D eigenvalue weighted by molar-refractivity contribution is 0.579. The monoisotopic (exact) mass is 291 g/mol. The van der Waals surface area contributed by atoms with Crippen LogP contribution in [0.4, 0.5) is 5.69 Å². The van der Waals surface area contributed by atoms with E-state index in [1.807, 2.05) is 19.1 Å². The summed E-state index contributed by atoms with van der Waals surface area (Å²) in [5.74, 6) is -0.0703. The molecule has 0 amide bonds. The maximum atomic E-state index is 12.0. The summed E-state index contributed by atoms with van der Waals surface area (Å²) in [5.41, 5.74) is 8.57. The van der Waals surface area contributed by atoms with Gasteiger partial charge in [0.15, 0.2) is 0 Å². The van der Waals surface area contributed by atoms with E-state index in [1.54, 1.807) is 30.5 Å². The summed E-state index contributed by atoms with van der Waals surface area (Å²) >= 11 is 0. The van der Waals surface area contributed by atoms with Crippen LogP contribution in [-0.2, 0) is 22.3 Å². The fraction of sp³-hybridized carbons (Fsp3) is 0.214. The number of nitrogens with two attached hydrogens (primary N) is 1. The molecule has 0 aliphatic rings. The van der Waals surface area contributed by atoms with Crippen LogP contribution in [0.15, 0.2) is 42.6 Å². The number of rotatable bonds is 5. The molecule has 6 heteroatoms. The number of sulfonamides is 1. The van der Waals surface area contributed by atoms with Gasteiger partial charge in [-0.3, -0.25) is 4.98 Å². The van der Waals surface area contributed by atoms with E-state index in [0.717, 1.165) is 11.3 Å². The van der Waals surface area contributed by atoms with Gasteiger partial charge < -0.3 is 5.73 Å². The predicted octanol–water partition coefficient (Wildman–Crippen LogP) is 1.59. The van der Waals surface area contributed by atoms with Gasteiger partial charge in [0.1, 0.15) is 0 Å². The minimum absolute atomic E-state index is 0.0703. The molecule has 2 aromatic rings. The summed E-state index contributed by atoms with van der Waals surface area (Å²) in [5, 5.41) is 0. The highest BCUT2D eigenvalue weighted by Gasteiger charge is 2.12. The van der Waals surface area contributed by atoms with Crippen LogP contribution in [0.2, 0.25) is 0 Å². The van der Waals surface area contributed by atoms with Crippen molar-refractivity contribution in [3.63, 3.8) is 0 Å². The number of nitrogens with one attached hydrogen (secondary N) is 1. The highest BCUT2D eigenvalue weighted by Crippen LogP contribution is 2.09. The third-order valence-corrected chi connectivity index (χ3v) is 4.21. The van der Waals surface area contributed by atoms with E-state index < -0.39 is 10.0 Å². The van der Waals surface area contributed by atoms with E-state index >= 15 is 0 Å². The van der Waals surface area contributed by atoms with Gasteiger partial charge in [0.2, 0.25) is 10.0 Å². The van der Waals surface area contributed by atoms with Crippen LogP contribution in [0.3, 0.4) is 0 Å². The van der Waals surface area contributed by atoms with Crippen molar-refractivity contribution in [1.82, 2.24) is 9.71 Å². The number of hydrogen-bond donors (Lipinski definition) is 2. The highest BCUT2D eigenvalue weighted by molar-refractivity contribution is 7.88. The minimum atomic E-state index is -3.39. The Morgan fingerprint density at radius 3 is 2.55 bits per heavy atom. The molecule has 0 saturated carbocycles. The summed E-state index contributed by atoms with van der Waals surface area (Å²) in [4.78, 5) is 4.16. The molecule has 0 radical (unpaired) electrons. The molecular formula is C14H17N3O2S. The Balaban J connectivity index is 2.01. The van der Waals surface area contributed by atoms with E-state index in [9.17, 15) is 8.42 Å². The first kappa shape index (κ1) is 14.5. The lowest BCUT2D eigenvalue weighted by atomic mass is 10.2. The number of nitrogens with zero attached hydrogens (tertiary/aromatic N) is 1. The molecule has 2 rings (SSSR count). The minimum Gasteiger partial charge on any atom is -0.399 e. The van der Waals surface area contributed by atoms with Crippen molar-refractivity contribution >= 4 is 15.7 Å². The molecule has 5 nitrogen and oxygen atoms in total. The van der Waals surface area contributed by atoms with Crippen LogP contribution in [0.25, 0.3) is 0 Å². The van der Waals surface area contributed by atoms with Gasteiger partial charge in [-0.25, -0.2) is 13.1 Å². The smallest absolute Gasteiger partial charge is 0.216 e. The first-order valence-corrected chi connectivity index (χ1v) is 7.84. The van der Waals surface area contributed by atoms with Crippen molar-refractivity contribution in [2.24, 2.45) is 0 Å². The van der Waals surface area contributed by atoms with Gasteiger partial charge in [0.05, 0.1) is 18.0 Å². The number of aromatic nitrogens is 1. The largest absolute Gasteiger partial charge is 0.399 e. The van der Waals surface area contributed by atoms with Gasteiger partial charge in [-0.05, 0) is 36.2 Å². The van der Waals surface area contributed by atoms with E-state index in [1.165, 1.54) is 0 Å². The molecule has 3 N–H and O–H groups in total. The SMILES string of the molecule is Cc1cccnc1CNS(=O)(=O)Cc1ccc(N)cc1. The van der Waals surface area contributed by atoms with Gasteiger partial charge in [0, 0.05) is 11.9 Å². The molecule has 1 aromatic carbocycles. The lowest BCUT2D eigenvalue weighted by Gasteiger charge is -2.08. The first-order valence-electron chi connectivity index (χ1n) is 6.18. The fourth-order valence-electron chi connectivity index (χ4n) is 1.77. The Morgan fingerprint density at radius 1 is 1.20 bits per heavy atom. The highest BCUT2D eigenvalue weighted by atomic mass is 32.2. The third kappa shape index (κ3) is 4.04. The van der Waals surface area contributed by atoms with E-state index in [4.69, 9.17) is 5.73 Å². The Morgan fingerprint density at radius 2 is 1.90 bits per heavy atom. The molecule has 1 heterocycles. The Hall–Kier alpha value is -1.92. The molecule has 0 unspecified atom stereocenters. The van der Waals surface area contributed by atoms with Gasteiger partial charge >= 0.3 is 0 Å². The number of pyridine rings is 1. The standard InChI is InChI=1S/C14H17N3O2S/c1-11-3-2-8-16-14(11)9-17-20(18,19)10-12-4-6-13(15)7-5-12/h2-8,17H,9-10,15H2,1H3. The number of hydrogen-bond acceptors (Lipinski definition) is 4. The lowest BCUT2D eigenvalue weighted by Crippen LogP contribution is -2.25. The van der Waals surface area contributed by atoms with E-state index in [-0.39, 0.29) is 12.3 Å². The van der Waals surface area contributed by atoms with E-state index in [0.29, 0.717) is 11.3 Å². The maximum absolute atomic E-state index is 12.0. The van der Waals surface area contributed by atoms with Crippen molar-refractivity contribution in [2.75, 3.05) is 5.73 Å². The third-order valence-electron chi connectivity index (χ3n) is 2.91. The summed E-state index contributed by atoms with van der Waals surface area (Å²) < 4.78 is 26.6. The van der Waals surface area contributed by atoms with E-state index in [2.05, 4.69) is 9.71 Å². The first-order chi connectivity index (χ1) is 9.46. The zero-order valence-electron chi connectivity index (χ0n) is 11.2. The zero-order valence-corrected chi connectivity index (χ0v) is 12.0. The summed E-state index contributed by atoms with van der Waals surface area (Å²) in [6, 6.07) is 10.5. The summed E-state index contributed by atoms with van der Waals surface area (Å²) in [6.07, 6.45) is 1.65.